The van der Waals surface area contributed by atoms with Crippen molar-refractivity contribution in [2.24, 2.45) is 11.8 Å². The Hall–Kier alpha value is -3.00. The average molecular weight is 436 g/mol. The van der Waals surface area contributed by atoms with Crippen LogP contribution >= 0.6 is 0 Å². The highest BCUT2D eigenvalue weighted by molar-refractivity contribution is 5.94. The molecule has 1 atom stereocenters. The molecule has 2 amide bonds. The Morgan fingerprint density at radius 1 is 1.00 bits per heavy atom. The van der Waals surface area contributed by atoms with E-state index in [0.717, 1.165) is 43.9 Å². The fraction of sp³-hybridized carbons (Fsp3) is 0.500. The van der Waals surface area contributed by atoms with Crippen LogP contribution in [0.1, 0.15) is 30.7 Å². The molecule has 1 aromatic carbocycles. The molecule has 3 aliphatic heterocycles. The quantitative estimate of drug-likeness (QED) is 0.775. The fourth-order valence-electron chi connectivity index (χ4n) is 4.80. The van der Waals surface area contributed by atoms with Crippen LogP contribution in [0.15, 0.2) is 42.6 Å². The lowest BCUT2D eigenvalue weighted by molar-refractivity contribution is -0.136. The summed E-state index contributed by atoms with van der Waals surface area (Å²) in [5.74, 6) is 1.58. The Kier molecular flexibility index (Phi) is 6.03. The Bertz CT molecular complexity index is 932. The van der Waals surface area contributed by atoms with Gasteiger partial charge >= 0.3 is 0 Å². The van der Waals surface area contributed by atoms with Gasteiger partial charge in [0, 0.05) is 44.7 Å². The smallest absolute Gasteiger partial charge is 0.231 e. The number of anilines is 2. The molecule has 0 saturated carbocycles. The highest BCUT2D eigenvalue weighted by Crippen LogP contribution is 2.30. The Labute approximate surface area is 187 Å². The van der Waals surface area contributed by atoms with Gasteiger partial charge in [0.2, 0.25) is 11.8 Å². The van der Waals surface area contributed by atoms with E-state index in [2.05, 4.69) is 32.5 Å². The Morgan fingerprint density at radius 3 is 2.44 bits per heavy atom. The maximum absolute atomic E-state index is 12.6. The minimum absolute atomic E-state index is 0.0381. The molecule has 1 aromatic heterocycles. The van der Waals surface area contributed by atoms with E-state index in [1.165, 1.54) is 5.56 Å². The zero-order valence-corrected chi connectivity index (χ0v) is 18.2. The number of benzene rings is 1. The molecule has 2 aromatic rings. The summed E-state index contributed by atoms with van der Waals surface area (Å²) in [6, 6.07) is 11.9. The van der Waals surface area contributed by atoms with E-state index in [1.807, 2.05) is 29.2 Å². The van der Waals surface area contributed by atoms with Crippen molar-refractivity contribution in [2.75, 3.05) is 49.6 Å². The van der Waals surface area contributed by atoms with Crippen LogP contribution in [0.4, 0.5) is 11.5 Å². The summed E-state index contributed by atoms with van der Waals surface area (Å²) < 4.78 is 5.36. The van der Waals surface area contributed by atoms with Crippen molar-refractivity contribution in [3.8, 4) is 0 Å². The summed E-state index contributed by atoms with van der Waals surface area (Å²) in [6.07, 6.45) is 4.45. The lowest BCUT2D eigenvalue weighted by atomic mass is 9.88. The molecule has 5 rings (SSSR count). The number of carbonyl (C=O) groups is 2. The van der Waals surface area contributed by atoms with Gasteiger partial charge in [-0.1, -0.05) is 12.1 Å². The molecule has 0 aliphatic carbocycles. The second-order valence-electron chi connectivity index (χ2n) is 8.96. The van der Waals surface area contributed by atoms with Gasteiger partial charge in [0.15, 0.2) is 5.82 Å². The standard InChI is InChI=1S/C24H29N5O3/c30-23(20-14-29(15-20)22-2-1-10-25-27-22)26-21-5-3-17(4-6-21)18-7-11-28(12-8-18)24(31)19-9-13-32-16-19/h1-6,10,18-20H,7-9,11-16H2,(H,26,30). The number of hydrogen-bond donors (Lipinski definition) is 1. The van der Waals surface area contributed by atoms with E-state index < -0.39 is 0 Å². The summed E-state index contributed by atoms with van der Waals surface area (Å²) in [6.45, 7) is 4.21. The predicted octanol–water partition coefficient (Wildman–Crippen LogP) is 2.29. The fourth-order valence-corrected chi connectivity index (χ4v) is 4.80. The largest absolute Gasteiger partial charge is 0.381 e. The number of hydrogen-bond acceptors (Lipinski definition) is 6. The van der Waals surface area contributed by atoms with E-state index >= 15 is 0 Å². The highest BCUT2D eigenvalue weighted by Gasteiger charge is 2.34. The molecule has 0 radical (unpaired) electrons. The van der Waals surface area contributed by atoms with Gasteiger partial charge < -0.3 is 19.9 Å². The van der Waals surface area contributed by atoms with E-state index in [1.54, 1.807) is 6.20 Å². The second-order valence-corrected chi connectivity index (χ2v) is 8.96. The van der Waals surface area contributed by atoms with Crippen molar-refractivity contribution >= 4 is 23.3 Å². The molecule has 3 saturated heterocycles. The number of likely N-dealkylation sites (tertiary alicyclic amines) is 1. The molecule has 32 heavy (non-hydrogen) atoms. The molecule has 8 heteroatoms. The van der Waals surface area contributed by atoms with E-state index in [9.17, 15) is 9.59 Å². The summed E-state index contributed by atoms with van der Waals surface area (Å²) in [5.41, 5.74) is 2.10. The summed E-state index contributed by atoms with van der Waals surface area (Å²) in [7, 11) is 0. The van der Waals surface area contributed by atoms with Crippen molar-refractivity contribution < 1.29 is 14.3 Å². The highest BCUT2D eigenvalue weighted by atomic mass is 16.5. The molecule has 3 aliphatic rings. The van der Waals surface area contributed by atoms with Crippen LogP contribution in [0.25, 0.3) is 0 Å². The Morgan fingerprint density at radius 2 is 1.78 bits per heavy atom. The molecular formula is C24H29N5O3. The van der Waals surface area contributed by atoms with Crippen LogP contribution in [0, 0.1) is 11.8 Å². The third-order valence-corrected chi connectivity index (χ3v) is 6.87. The molecular weight excluding hydrogens is 406 g/mol. The molecule has 168 valence electrons. The van der Waals surface area contributed by atoms with Crippen molar-refractivity contribution in [2.45, 2.75) is 25.2 Å². The van der Waals surface area contributed by atoms with Crippen LogP contribution < -0.4 is 10.2 Å². The number of ether oxygens (including phenoxy) is 1. The maximum Gasteiger partial charge on any atom is 0.231 e. The second kappa shape index (κ2) is 9.24. The van der Waals surface area contributed by atoms with Crippen LogP contribution in [0.5, 0.6) is 0 Å². The predicted molar refractivity (Wildman–Crippen MR) is 120 cm³/mol. The number of piperidine rings is 1. The van der Waals surface area contributed by atoms with Crippen LogP contribution in [0.2, 0.25) is 0 Å². The summed E-state index contributed by atoms with van der Waals surface area (Å²) in [5, 5.41) is 11.0. The first-order valence-electron chi connectivity index (χ1n) is 11.5. The number of nitrogens with one attached hydrogen (secondary N) is 1. The lowest BCUT2D eigenvalue weighted by Gasteiger charge is -2.38. The minimum Gasteiger partial charge on any atom is -0.381 e. The summed E-state index contributed by atoms with van der Waals surface area (Å²) >= 11 is 0. The molecule has 1 N–H and O–H groups in total. The van der Waals surface area contributed by atoms with Crippen LogP contribution in [-0.2, 0) is 14.3 Å². The van der Waals surface area contributed by atoms with Crippen molar-refractivity contribution in [3.63, 3.8) is 0 Å². The normalized spacial score (nSPS) is 21.9. The number of aromatic nitrogens is 2. The number of carbonyl (C=O) groups excluding carboxylic acids is 2. The first-order valence-corrected chi connectivity index (χ1v) is 11.5. The monoisotopic (exact) mass is 435 g/mol. The average Bonchev–Trinajstić information content (AvgIpc) is 3.34. The van der Waals surface area contributed by atoms with E-state index in [0.29, 0.717) is 32.2 Å². The molecule has 0 spiro atoms. The van der Waals surface area contributed by atoms with E-state index in [4.69, 9.17) is 4.74 Å². The van der Waals surface area contributed by atoms with Gasteiger partial charge in [-0.2, -0.15) is 5.10 Å². The van der Waals surface area contributed by atoms with Crippen molar-refractivity contribution in [3.05, 3.63) is 48.2 Å². The van der Waals surface area contributed by atoms with Crippen molar-refractivity contribution in [1.82, 2.24) is 15.1 Å². The van der Waals surface area contributed by atoms with Gasteiger partial charge in [-0.25, -0.2) is 0 Å². The summed E-state index contributed by atoms with van der Waals surface area (Å²) in [4.78, 5) is 29.2. The first-order chi connectivity index (χ1) is 15.7. The zero-order valence-electron chi connectivity index (χ0n) is 18.2. The SMILES string of the molecule is O=C(Nc1ccc(C2CCN(C(=O)C3CCOC3)CC2)cc1)C1CN(c2cccnn2)C1. The van der Waals surface area contributed by atoms with E-state index in [-0.39, 0.29) is 23.7 Å². The number of nitrogens with zero attached hydrogens (tertiary/aromatic N) is 4. The Balaban J connectivity index is 1.09. The van der Waals surface area contributed by atoms with Crippen LogP contribution in [-0.4, -0.2) is 66.3 Å². The first kappa shape index (κ1) is 20.9. The molecule has 8 nitrogen and oxygen atoms in total. The van der Waals surface area contributed by atoms with Crippen LogP contribution in [0.3, 0.4) is 0 Å². The third-order valence-electron chi connectivity index (χ3n) is 6.87. The maximum atomic E-state index is 12.6. The topological polar surface area (TPSA) is 87.7 Å². The van der Waals surface area contributed by atoms with Gasteiger partial charge in [-0.05, 0) is 55.0 Å². The number of rotatable bonds is 5. The lowest BCUT2D eigenvalue weighted by Crippen LogP contribution is -2.52. The molecule has 4 heterocycles. The van der Waals surface area contributed by atoms with Gasteiger partial charge in [0.25, 0.3) is 0 Å². The third kappa shape index (κ3) is 4.46. The molecule has 3 fully saturated rings. The van der Waals surface area contributed by atoms with Crippen molar-refractivity contribution in [1.29, 1.82) is 0 Å². The minimum atomic E-state index is -0.0381. The van der Waals surface area contributed by atoms with Gasteiger partial charge in [0.05, 0.1) is 18.4 Å². The molecule has 0 bridgehead atoms. The van der Waals surface area contributed by atoms with Gasteiger partial charge in [-0.3, -0.25) is 9.59 Å². The zero-order chi connectivity index (χ0) is 21.9. The van der Waals surface area contributed by atoms with Gasteiger partial charge in [-0.15, -0.1) is 5.10 Å². The number of amides is 2. The van der Waals surface area contributed by atoms with Gasteiger partial charge in [0.1, 0.15) is 0 Å². The molecule has 1 unspecified atom stereocenters.